The van der Waals surface area contributed by atoms with Crippen LogP contribution in [-0.2, 0) is 9.59 Å². The Morgan fingerprint density at radius 3 is 2.35 bits per heavy atom. The maximum absolute atomic E-state index is 13.6. The SMILES string of the molecule is Cc1ccc(C(=O)CN(C(=O)c2ccc(Cl)cc2Cl)N2C(=O)[C@@H]3CC[C@H](C)C[C@H]3C2=O)cc1C. The summed E-state index contributed by atoms with van der Waals surface area (Å²) in [7, 11) is 0. The van der Waals surface area contributed by atoms with Crippen molar-refractivity contribution in [2.24, 2.45) is 17.8 Å². The number of aryl methyl sites for hydroxylation is 2. The van der Waals surface area contributed by atoms with Gasteiger partial charge in [-0.05, 0) is 74.4 Å². The van der Waals surface area contributed by atoms with E-state index >= 15 is 0 Å². The first-order valence-corrected chi connectivity index (χ1v) is 12.1. The van der Waals surface area contributed by atoms with Crippen LogP contribution in [0, 0.1) is 31.6 Å². The highest BCUT2D eigenvalue weighted by atomic mass is 35.5. The highest BCUT2D eigenvalue weighted by Gasteiger charge is 2.53. The number of ketones is 1. The second-order valence-corrected chi connectivity index (χ2v) is 10.2. The second-order valence-electron chi connectivity index (χ2n) is 9.33. The lowest BCUT2D eigenvalue weighted by atomic mass is 9.76. The third kappa shape index (κ3) is 4.49. The molecule has 6 nitrogen and oxygen atoms in total. The van der Waals surface area contributed by atoms with Crippen molar-refractivity contribution in [3.05, 3.63) is 68.7 Å². The molecule has 3 atom stereocenters. The monoisotopic (exact) mass is 500 g/mol. The number of halogens is 2. The normalized spacial score (nSPS) is 22.0. The molecule has 0 radical (unpaired) electrons. The quantitative estimate of drug-likeness (QED) is 0.413. The molecular formula is C26H26Cl2N2O4. The number of fused-ring (bicyclic) bond motifs is 1. The highest BCUT2D eigenvalue weighted by molar-refractivity contribution is 6.36. The van der Waals surface area contributed by atoms with E-state index in [1.54, 1.807) is 12.1 Å². The van der Waals surface area contributed by atoms with Crippen LogP contribution in [0.5, 0.6) is 0 Å². The van der Waals surface area contributed by atoms with E-state index in [2.05, 4.69) is 6.92 Å². The van der Waals surface area contributed by atoms with E-state index in [-0.39, 0.29) is 16.4 Å². The van der Waals surface area contributed by atoms with Crippen LogP contribution in [0.2, 0.25) is 10.0 Å². The summed E-state index contributed by atoms with van der Waals surface area (Å²) in [5.41, 5.74) is 2.41. The molecule has 34 heavy (non-hydrogen) atoms. The number of carbonyl (C=O) groups is 4. The van der Waals surface area contributed by atoms with Gasteiger partial charge in [-0.25, -0.2) is 5.01 Å². The Morgan fingerprint density at radius 2 is 1.68 bits per heavy atom. The topological polar surface area (TPSA) is 74.8 Å². The summed E-state index contributed by atoms with van der Waals surface area (Å²) in [6, 6.07) is 9.59. The third-order valence-electron chi connectivity index (χ3n) is 6.92. The van der Waals surface area contributed by atoms with Crippen molar-refractivity contribution in [2.45, 2.75) is 40.0 Å². The maximum atomic E-state index is 13.6. The van der Waals surface area contributed by atoms with Crippen molar-refractivity contribution in [1.82, 2.24) is 10.0 Å². The van der Waals surface area contributed by atoms with Gasteiger partial charge in [-0.2, -0.15) is 5.01 Å². The molecule has 2 fully saturated rings. The largest absolute Gasteiger partial charge is 0.292 e. The van der Waals surface area contributed by atoms with E-state index in [1.807, 2.05) is 19.9 Å². The number of amides is 3. The number of hydrazine groups is 1. The summed E-state index contributed by atoms with van der Waals surface area (Å²) < 4.78 is 0. The molecule has 0 bridgehead atoms. The lowest BCUT2D eigenvalue weighted by Gasteiger charge is -2.30. The van der Waals surface area contributed by atoms with E-state index < -0.39 is 36.1 Å². The van der Waals surface area contributed by atoms with Gasteiger partial charge in [-0.15, -0.1) is 0 Å². The number of carbonyl (C=O) groups excluding carboxylic acids is 4. The van der Waals surface area contributed by atoms with Crippen LogP contribution < -0.4 is 0 Å². The van der Waals surface area contributed by atoms with Crippen LogP contribution in [0.25, 0.3) is 0 Å². The number of imide groups is 1. The third-order valence-corrected chi connectivity index (χ3v) is 7.47. The fourth-order valence-corrected chi connectivity index (χ4v) is 5.28. The van der Waals surface area contributed by atoms with Gasteiger partial charge in [-0.3, -0.25) is 19.2 Å². The minimum atomic E-state index is -0.702. The molecule has 8 heteroatoms. The van der Waals surface area contributed by atoms with E-state index in [4.69, 9.17) is 23.2 Å². The first kappa shape index (κ1) is 24.4. The predicted octanol–water partition coefficient (Wildman–Crippen LogP) is 5.27. The summed E-state index contributed by atoms with van der Waals surface area (Å²) in [5, 5.41) is 2.26. The van der Waals surface area contributed by atoms with Gasteiger partial charge in [0.15, 0.2) is 5.78 Å². The number of rotatable bonds is 5. The van der Waals surface area contributed by atoms with Crippen LogP contribution in [0.1, 0.15) is 58.0 Å². The number of benzene rings is 2. The molecule has 1 saturated heterocycles. The van der Waals surface area contributed by atoms with E-state index in [0.717, 1.165) is 27.6 Å². The maximum Gasteiger partial charge on any atom is 0.274 e. The molecule has 0 spiro atoms. The average Bonchev–Trinajstić information content (AvgIpc) is 3.02. The predicted molar refractivity (Wildman–Crippen MR) is 130 cm³/mol. The zero-order chi connectivity index (χ0) is 24.7. The Balaban J connectivity index is 1.72. The van der Waals surface area contributed by atoms with Crippen molar-refractivity contribution in [3.63, 3.8) is 0 Å². The van der Waals surface area contributed by atoms with Crippen LogP contribution >= 0.6 is 23.2 Å². The van der Waals surface area contributed by atoms with Crippen LogP contribution in [0.3, 0.4) is 0 Å². The fourth-order valence-electron chi connectivity index (χ4n) is 4.79. The van der Waals surface area contributed by atoms with Gasteiger partial charge in [0, 0.05) is 10.6 Å². The molecule has 3 amide bonds. The van der Waals surface area contributed by atoms with Crippen LogP contribution in [-0.4, -0.2) is 40.1 Å². The minimum absolute atomic E-state index is 0.0581. The number of nitrogens with zero attached hydrogens (tertiary/aromatic N) is 2. The van der Waals surface area contributed by atoms with Crippen molar-refractivity contribution in [3.8, 4) is 0 Å². The lowest BCUT2D eigenvalue weighted by molar-refractivity contribution is -0.154. The Hall–Kier alpha value is -2.70. The standard InChI is InChI=1S/C26H26Cl2N2O4/c1-14-4-8-19-21(10-14)26(34)30(25(19)33)29(24(32)20-9-7-18(27)12-22(20)28)13-23(31)17-6-5-15(2)16(3)11-17/h5-7,9,11-12,14,19,21H,4,8,10,13H2,1-3H3/t14-,19+,21+/m0/s1. The van der Waals surface area contributed by atoms with Gasteiger partial charge in [0.1, 0.15) is 6.54 Å². The molecule has 1 heterocycles. The van der Waals surface area contributed by atoms with Crippen LogP contribution in [0.4, 0.5) is 0 Å². The molecule has 2 aromatic carbocycles. The number of hydrogen-bond donors (Lipinski definition) is 0. The summed E-state index contributed by atoms with van der Waals surface area (Å²) in [6.07, 6.45) is 2.01. The highest BCUT2D eigenvalue weighted by Crippen LogP contribution is 2.41. The summed E-state index contributed by atoms with van der Waals surface area (Å²) in [6.45, 7) is 5.41. The molecule has 2 aliphatic rings. The number of hydrogen-bond acceptors (Lipinski definition) is 4. The Morgan fingerprint density at radius 1 is 0.971 bits per heavy atom. The summed E-state index contributed by atoms with van der Waals surface area (Å²) in [5.74, 6) is -2.61. The molecule has 178 valence electrons. The van der Waals surface area contributed by atoms with Gasteiger partial charge >= 0.3 is 0 Å². The molecule has 4 rings (SSSR count). The van der Waals surface area contributed by atoms with Crippen LogP contribution in [0.15, 0.2) is 36.4 Å². The van der Waals surface area contributed by atoms with Gasteiger partial charge < -0.3 is 0 Å². The van der Waals surface area contributed by atoms with Crippen molar-refractivity contribution >= 4 is 46.7 Å². The molecule has 1 aliphatic carbocycles. The minimum Gasteiger partial charge on any atom is -0.292 e. The molecule has 1 saturated carbocycles. The van der Waals surface area contributed by atoms with Gasteiger partial charge in [-0.1, -0.05) is 42.3 Å². The molecule has 0 unspecified atom stereocenters. The first-order chi connectivity index (χ1) is 16.1. The zero-order valence-electron chi connectivity index (χ0n) is 19.3. The van der Waals surface area contributed by atoms with Crippen molar-refractivity contribution in [1.29, 1.82) is 0 Å². The fraction of sp³-hybridized carbons (Fsp3) is 0.385. The molecule has 1 aliphatic heterocycles. The molecular weight excluding hydrogens is 475 g/mol. The summed E-state index contributed by atoms with van der Waals surface area (Å²) in [4.78, 5) is 53.6. The Kier molecular flexibility index (Phi) is 6.83. The lowest BCUT2D eigenvalue weighted by Crippen LogP contribution is -2.52. The molecule has 2 aromatic rings. The van der Waals surface area contributed by atoms with Crippen molar-refractivity contribution in [2.75, 3.05) is 6.54 Å². The molecule has 0 N–H and O–H groups in total. The Labute approximate surface area is 208 Å². The smallest absolute Gasteiger partial charge is 0.274 e. The van der Waals surface area contributed by atoms with E-state index in [1.165, 1.54) is 18.2 Å². The zero-order valence-corrected chi connectivity index (χ0v) is 20.8. The van der Waals surface area contributed by atoms with E-state index in [0.29, 0.717) is 29.3 Å². The van der Waals surface area contributed by atoms with E-state index in [9.17, 15) is 19.2 Å². The van der Waals surface area contributed by atoms with Crippen molar-refractivity contribution < 1.29 is 19.2 Å². The summed E-state index contributed by atoms with van der Waals surface area (Å²) >= 11 is 12.3. The average molecular weight is 501 g/mol. The second kappa shape index (κ2) is 9.51. The first-order valence-electron chi connectivity index (χ1n) is 11.3. The molecule has 0 aromatic heterocycles. The van der Waals surface area contributed by atoms with Gasteiger partial charge in [0.2, 0.25) is 0 Å². The van der Waals surface area contributed by atoms with Gasteiger partial charge in [0.05, 0.1) is 22.4 Å². The van der Waals surface area contributed by atoms with Gasteiger partial charge in [0.25, 0.3) is 17.7 Å². The number of Topliss-reactive ketones (excluding diaryl/α,β-unsaturated/α-hetero) is 1. The Bertz CT molecular complexity index is 1200.